The normalized spacial score (nSPS) is 10.3. The van der Waals surface area contributed by atoms with Gasteiger partial charge in [-0.1, -0.05) is 0 Å². The summed E-state index contributed by atoms with van der Waals surface area (Å²) in [5.74, 6) is 0.847. The van der Waals surface area contributed by atoms with Gasteiger partial charge in [0.25, 0.3) is 5.91 Å². The van der Waals surface area contributed by atoms with Gasteiger partial charge in [0.2, 0.25) is 0 Å². The molecule has 0 aliphatic heterocycles. The van der Waals surface area contributed by atoms with Crippen molar-refractivity contribution in [1.82, 2.24) is 4.98 Å². The Morgan fingerprint density at radius 3 is 2.81 bits per heavy atom. The maximum atomic E-state index is 12.3. The van der Waals surface area contributed by atoms with E-state index in [1.165, 1.54) is 18.4 Å². The Morgan fingerprint density at radius 2 is 2.24 bits per heavy atom. The van der Waals surface area contributed by atoms with Crippen LogP contribution in [0.1, 0.15) is 23.0 Å². The number of amides is 1. The first-order valence-electron chi connectivity index (χ1n) is 6.29. The third kappa shape index (κ3) is 3.74. The van der Waals surface area contributed by atoms with Crippen molar-refractivity contribution in [3.8, 4) is 11.5 Å². The lowest BCUT2D eigenvalue weighted by atomic mass is 10.2. The molecule has 0 saturated carbocycles. The summed E-state index contributed by atoms with van der Waals surface area (Å²) in [7, 11) is 1.54. The van der Waals surface area contributed by atoms with Crippen molar-refractivity contribution in [2.24, 2.45) is 0 Å². The molecule has 2 aromatic rings. The van der Waals surface area contributed by atoms with Crippen LogP contribution in [0.25, 0.3) is 0 Å². The number of thiazole rings is 1. The number of halogens is 1. The van der Waals surface area contributed by atoms with Crippen LogP contribution < -0.4 is 14.8 Å². The van der Waals surface area contributed by atoms with Gasteiger partial charge < -0.3 is 9.47 Å². The Hall–Kier alpha value is -1.60. The lowest BCUT2D eigenvalue weighted by Gasteiger charge is -2.13. The minimum Gasteiger partial charge on any atom is -0.493 e. The van der Waals surface area contributed by atoms with Crippen LogP contribution in [-0.4, -0.2) is 24.6 Å². The summed E-state index contributed by atoms with van der Waals surface area (Å²) in [6.45, 7) is 4.28. The summed E-state index contributed by atoms with van der Waals surface area (Å²) in [6, 6.07) is 3.34. The minimum absolute atomic E-state index is 0.244. The van der Waals surface area contributed by atoms with Gasteiger partial charge >= 0.3 is 0 Å². The predicted molar refractivity (Wildman–Crippen MR) is 86.7 cm³/mol. The van der Waals surface area contributed by atoms with Crippen LogP contribution >= 0.6 is 27.3 Å². The van der Waals surface area contributed by atoms with Gasteiger partial charge in [-0.25, -0.2) is 4.98 Å². The van der Waals surface area contributed by atoms with Gasteiger partial charge in [-0.3, -0.25) is 10.1 Å². The summed E-state index contributed by atoms with van der Waals surface area (Å²) < 4.78 is 11.4. The first-order chi connectivity index (χ1) is 10.0. The quantitative estimate of drug-likeness (QED) is 0.867. The number of carbonyl (C=O) groups is 1. The number of carbonyl (C=O) groups excluding carboxylic acids is 1. The Balaban J connectivity index is 2.27. The molecule has 0 saturated heterocycles. The summed E-state index contributed by atoms with van der Waals surface area (Å²) in [5.41, 5.74) is 1.34. The van der Waals surface area contributed by atoms with Crippen LogP contribution in [0.4, 0.5) is 5.13 Å². The molecule has 1 amide bonds. The van der Waals surface area contributed by atoms with E-state index in [9.17, 15) is 4.79 Å². The molecule has 0 unspecified atom stereocenters. The molecular formula is C14H15BrN2O3S. The van der Waals surface area contributed by atoms with E-state index in [-0.39, 0.29) is 5.91 Å². The monoisotopic (exact) mass is 370 g/mol. The molecule has 112 valence electrons. The second-order valence-corrected chi connectivity index (χ2v) is 5.88. The molecule has 0 atom stereocenters. The first kappa shape index (κ1) is 15.8. The number of nitrogens with one attached hydrogen (secondary N) is 1. The largest absolute Gasteiger partial charge is 0.493 e. The van der Waals surface area contributed by atoms with E-state index in [1.807, 2.05) is 19.2 Å². The van der Waals surface area contributed by atoms with Gasteiger partial charge in [-0.2, -0.15) is 0 Å². The summed E-state index contributed by atoms with van der Waals surface area (Å²) in [4.78, 5) is 16.5. The van der Waals surface area contributed by atoms with Crippen molar-refractivity contribution in [2.45, 2.75) is 13.8 Å². The maximum Gasteiger partial charge on any atom is 0.257 e. The fourth-order valence-corrected chi connectivity index (χ4v) is 2.96. The average Bonchev–Trinajstić information content (AvgIpc) is 2.86. The summed E-state index contributed by atoms with van der Waals surface area (Å²) in [6.07, 6.45) is 0. The van der Waals surface area contributed by atoms with E-state index in [1.54, 1.807) is 12.1 Å². The van der Waals surface area contributed by atoms with E-state index in [0.29, 0.717) is 33.3 Å². The minimum atomic E-state index is -0.244. The topological polar surface area (TPSA) is 60.5 Å². The molecule has 21 heavy (non-hydrogen) atoms. The molecule has 0 aliphatic rings. The number of anilines is 1. The molecule has 0 bridgehead atoms. The number of hydrogen-bond acceptors (Lipinski definition) is 5. The van der Waals surface area contributed by atoms with Gasteiger partial charge in [0, 0.05) is 10.9 Å². The third-order valence-corrected chi connectivity index (χ3v) is 4.08. The smallest absolute Gasteiger partial charge is 0.257 e. The van der Waals surface area contributed by atoms with Crippen molar-refractivity contribution in [1.29, 1.82) is 0 Å². The zero-order valence-electron chi connectivity index (χ0n) is 11.9. The average molecular weight is 371 g/mol. The highest BCUT2D eigenvalue weighted by atomic mass is 79.9. The van der Waals surface area contributed by atoms with Crippen LogP contribution in [0, 0.1) is 6.92 Å². The van der Waals surface area contributed by atoms with E-state index < -0.39 is 0 Å². The Morgan fingerprint density at radius 1 is 1.48 bits per heavy atom. The highest BCUT2D eigenvalue weighted by molar-refractivity contribution is 9.10. The lowest BCUT2D eigenvalue weighted by Crippen LogP contribution is -2.12. The number of rotatable bonds is 5. The highest BCUT2D eigenvalue weighted by Crippen LogP contribution is 2.36. The number of nitrogens with zero attached hydrogens (tertiary/aromatic N) is 1. The van der Waals surface area contributed by atoms with Gasteiger partial charge in [0.1, 0.15) is 0 Å². The van der Waals surface area contributed by atoms with Crippen molar-refractivity contribution in [3.63, 3.8) is 0 Å². The van der Waals surface area contributed by atoms with E-state index in [2.05, 4.69) is 26.2 Å². The Labute approximate surface area is 135 Å². The van der Waals surface area contributed by atoms with Crippen molar-refractivity contribution in [2.75, 3.05) is 19.0 Å². The summed E-state index contributed by atoms with van der Waals surface area (Å²) >= 11 is 4.79. The lowest BCUT2D eigenvalue weighted by molar-refractivity contribution is 0.102. The SMILES string of the molecule is CCOc1c(Br)cc(C(=O)Nc2nc(C)cs2)cc1OC. The molecule has 5 nitrogen and oxygen atoms in total. The van der Waals surface area contributed by atoms with Crippen molar-refractivity contribution >= 4 is 38.3 Å². The number of ether oxygens (including phenoxy) is 2. The number of aryl methyl sites for hydroxylation is 1. The highest BCUT2D eigenvalue weighted by Gasteiger charge is 2.16. The third-order valence-electron chi connectivity index (χ3n) is 2.62. The van der Waals surface area contributed by atoms with Gasteiger partial charge in [0.15, 0.2) is 16.6 Å². The predicted octanol–water partition coefficient (Wildman–Crippen LogP) is 3.87. The molecule has 2 rings (SSSR count). The molecule has 7 heteroatoms. The van der Waals surface area contributed by atoms with Crippen LogP contribution in [0.15, 0.2) is 22.0 Å². The number of benzene rings is 1. The van der Waals surface area contributed by atoms with Gasteiger partial charge in [0.05, 0.1) is 23.9 Å². The zero-order chi connectivity index (χ0) is 15.4. The van der Waals surface area contributed by atoms with E-state index in [4.69, 9.17) is 9.47 Å². The van der Waals surface area contributed by atoms with Crippen LogP contribution in [0.5, 0.6) is 11.5 Å². The Bertz CT molecular complexity index is 658. The molecule has 0 spiro atoms. The van der Waals surface area contributed by atoms with E-state index >= 15 is 0 Å². The molecular weight excluding hydrogens is 356 g/mol. The molecule has 1 aromatic heterocycles. The second kappa shape index (κ2) is 6.91. The first-order valence-corrected chi connectivity index (χ1v) is 7.96. The van der Waals surface area contributed by atoms with Crippen LogP contribution in [0.2, 0.25) is 0 Å². The van der Waals surface area contributed by atoms with Crippen LogP contribution in [-0.2, 0) is 0 Å². The number of methoxy groups -OCH3 is 1. The zero-order valence-corrected chi connectivity index (χ0v) is 14.3. The van der Waals surface area contributed by atoms with Crippen LogP contribution in [0.3, 0.4) is 0 Å². The maximum absolute atomic E-state index is 12.3. The van der Waals surface area contributed by atoms with Crippen molar-refractivity contribution in [3.05, 3.63) is 33.2 Å². The van der Waals surface area contributed by atoms with Gasteiger partial charge in [-0.05, 0) is 41.9 Å². The number of aromatic nitrogens is 1. The molecule has 0 fully saturated rings. The molecule has 0 radical (unpaired) electrons. The Kier molecular flexibility index (Phi) is 5.19. The summed E-state index contributed by atoms with van der Waals surface area (Å²) in [5, 5.41) is 5.21. The van der Waals surface area contributed by atoms with E-state index in [0.717, 1.165) is 5.69 Å². The molecule has 0 aliphatic carbocycles. The molecule has 1 aromatic carbocycles. The number of hydrogen-bond donors (Lipinski definition) is 1. The second-order valence-electron chi connectivity index (χ2n) is 4.17. The molecule has 1 heterocycles. The fourth-order valence-electron chi connectivity index (χ4n) is 1.72. The fraction of sp³-hybridized carbons (Fsp3) is 0.286. The van der Waals surface area contributed by atoms with Crippen molar-refractivity contribution < 1.29 is 14.3 Å². The standard InChI is InChI=1S/C14H15BrN2O3S/c1-4-20-12-10(15)5-9(6-11(12)19-3)13(18)17-14-16-8(2)7-21-14/h5-7H,4H2,1-3H3,(H,16,17,18). The molecule has 1 N–H and O–H groups in total. The van der Waals surface area contributed by atoms with Gasteiger partial charge in [-0.15, -0.1) is 11.3 Å².